The standard InChI is InChI=1S/C5H10O3S/c6-5-2-1-3-9(7,8)4-5/h5-6H,1-4H2/t5-/m1/s1. The lowest BCUT2D eigenvalue weighted by Gasteiger charge is -2.15. The van der Waals surface area contributed by atoms with Crippen LogP contribution in [0.5, 0.6) is 0 Å². The minimum Gasteiger partial charge on any atom is -0.392 e. The molecule has 1 rings (SSSR count). The molecule has 1 N–H and O–H groups in total. The quantitative estimate of drug-likeness (QED) is 0.509. The van der Waals surface area contributed by atoms with Gasteiger partial charge in [-0.1, -0.05) is 0 Å². The molecule has 9 heavy (non-hydrogen) atoms. The molecule has 0 aromatic rings. The predicted molar refractivity (Wildman–Crippen MR) is 33.9 cm³/mol. The highest BCUT2D eigenvalue weighted by Crippen LogP contribution is 2.10. The second-order valence-electron chi connectivity index (χ2n) is 2.41. The molecule has 1 atom stereocenters. The van der Waals surface area contributed by atoms with Gasteiger partial charge in [0.05, 0.1) is 17.6 Å². The summed E-state index contributed by atoms with van der Waals surface area (Å²) in [6.07, 6.45) is 0.645. The molecule has 0 bridgehead atoms. The Balaban J connectivity index is 2.62. The predicted octanol–water partition coefficient (Wildman–Crippen LogP) is -0.444. The van der Waals surface area contributed by atoms with Crippen LogP contribution >= 0.6 is 0 Å². The SMILES string of the molecule is O=S1(=O)CCC[C@@H](O)C1. The van der Waals surface area contributed by atoms with Gasteiger partial charge < -0.3 is 5.11 Å². The summed E-state index contributed by atoms with van der Waals surface area (Å²) in [5, 5.41) is 8.87. The number of aliphatic hydroxyl groups excluding tert-OH is 1. The Morgan fingerprint density at radius 3 is 2.44 bits per heavy atom. The molecule has 0 unspecified atom stereocenters. The molecule has 0 saturated carbocycles. The molecule has 3 nitrogen and oxygen atoms in total. The fraction of sp³-hybridized carbons (Fsp3) is 1.00. The summed E-state index contributed by atoms with van der Waals surface area (Å²) in [6.45, 7) is 0. The van der Waals surface area contributed by atoms with Gasteiger partial charge in [0.1, 0.15) is 0 Å². The lowest BCUT2D eigenvalue weighted by molar-refractivity contribution is 0.181. The van der Waals surface area contributed by atoms with E-state index >= 15 is 0 Å². The van der Waals surface area contributed by atoms with E-state index in [1.54, 1.807) is 0 Å². The smallest absolute Gasteiger partial charge is 0.152 e. The zero-order valence-corrected chi connectivity index (χ0v) is 5.89. The summed E-state index contributed by atoms with van der Waals surface area (Å²) in [5.41, 5.74) is 0. The highest BCUT2D eigenvalue weighted by molar-refractivity contribution is 7.91. The van der Waals surface area contributed by atoms with E-state index in [1.807, 2.05) is 0 Å². The second-order valence-corrected chi connectivity index (χ2v) is 4.64. The second kappa shape index (κ2) is 2.27. The van der Waals surface area contributed by atoms with E-state index in [1.165, 1.54) is 0 Å². The van der Waals surface area contributed by atoms with Gasteiger partial charge in [0.15, 0.2) is 9.84 Å². The lowest BCUT2D eigenvalue weighted by Crippen LogP contribution is -2.28. The molecule has 54 valence electrons. The maximum Gasteiger partial charge on any atom is 0.152 e. The minimum absolute atomic E-state index is 0.0347. The van der Waals surface area contributed by atoms with E-state index in [0.29, 0.717) is 12.8 Å². The van der Waals surface area contributed by atoms with Gasteiger partial charge in [-0.25, -0.2) is 8.42 Å². The molecule has 0 spiro atoms. The number of sulfone groups is 1. The Bertz CT molecular complexity index is 182. The molecule has 0 amide bonds. The van der Waals surface area contributed by atoms with Crippen LogP contribution in [0.15, 0.2) is 0 Å². The van der Waals surface area contributed by atoms with Crippen molar-refractivity contribution in [2.24, 2.45) is 0 Å². The number of hydrogen-bond acceptors (Lipinski definition) is 3. The van der Waals surface area contributed by atoms with Gasteiger partial charge in [0.2, 0.25) is 0 Å². The van der Waals surface area contributed by atoms with E-state index in [9.17, 15) is 8.42 Å². The summed E-state index contributed by atoms with van der Waals surface area (Å²) in [5.74, 6) is 0.219. The maximum atomic E-state index is 10.7. The van der Waals surface area contributed by atoms with Gasteiger partial charge in [-0.05, 0) is 12.8 Å². The van der Waals surface area contributed by atoms with Crippen molar-refractivity contribution in [2.75, 3.05) is 11.5 Å². The first kappa shape index (κ1) is 7.02. The van der Waals surface area contributed by atoms with Crippen LogP contribution in [0, 0.1) is 0 Å². The molecule has 0 aromatic heterocycles. The van der Waals surface area contributed by atoms with Crippen molar-refractivity contribution in [3.05, 3.63) is 0 Å². The van der Waals surface area contributed by atoms with Crippen molar-refractivity contribution in [2.45, 2.75) is 18.9 Å². The summed E-state index contributed by atoms with van der Waals surface area (Å²) in [7, 11) is -2.88. The maximum absolute atomic E-state index is 10.7. The average Bonchev–Trinajstić information content (AvgIpc) is 1.60. The molecule has 1 heterocycles. The molecule has 1 fully saturated rings. The van der Waals surface area contributed by atoms with Gasteiger partial charge in [-0.3, -0.25) is 0 Å². The zero-order chi connectivity index (χ0) is 6.91. The van der Waals surface area contributed by atoms with Crippen LogP contribution in [-0.4, -0.2) is 31.1 Å². The third kappa shape index (κ3) is 1.95. The van der Waals surface area contributed by atoms with E-state index in [0.717, 1.165) is 0 Å². The molecular weight excluding hydrogens is 140 g/mol. The van der Waals surface area contributed by atoms with Crippen molar-refractivity contribution in [3.63, 3.8) is 0 Å². The number of rotatable bonds is 0. The van der Waals surface area contributed by atoms with Crippen molar-refractivity contribution in [1.82, 2.24) is 0 Å². The van der Waals surface area contributed by atoms with Crippen LogP contribution in [0.3, 0.4) is 0 Å². The molecule has 0 aliphatic carbocycles. The molecule has 1 aliphatic rings. The number of hydrogen-bond donors (Lipinski definition) is 1. The van der Waals surface area contributed by atoms with Crippen LogP contribution in [0.2, 0.25) is 0 Å². The average molecular weight is 150 g/mol. The van der Waals surface area contributed by atoms with Crippen molar-refractivity contribution in [3.8, 4) is 0 Å². The molecule has 1 saturated heterocycles. The summed E-state index contributed by atoms with van der Waals surface area (Å²) in [6, 6.07) is 0. The summed E-state index contributed by atoms with van der Waals surface area (Å²) in [4.78, 5) is 0. The van der Waals surface area contributed by atoms with Gasteiger partial charge >= 0.3 is 0 Å². The fourth-order valence-electron chi connectivity index (χ4n) is 0.999. The van der Waals surface area contributed by atoms with Gasteiger partial charge in [0, 0.05) is 0 Å². The van der Waals surface area contributed by atoms with Crippen LogP contribution < -0.4 is 0 Å². The Kier molecular flexibility index (Phi) is 1.77. The van der Waals surface area contributed by atoms with E-state index < -0.39 is 15.9 Å². The highest BCUT2D eigenvalue weighted by Gasteiger charge is 2.22. The molecule has 4 heteroatoms. The summed E-state index contributed by atoms with van der Waals surface area (Å²) >= 11 is 0. The van der Waals surface area contributed by atoms with Crippen LogP contribution in [0.25, 0.3) is 0 Å². The molecular formula is C5H10O3S. The molecule has 0 radical (unpaired) electrons. The molecule has 1 aliphatic heterocycles. The Hall–Kier alpha value is -0.0900. The van der Waals surface area contributed by atoms with Crippen LogP contribution in [-0.2, 0) is 9.84 Å². The molecule has 0 aromatic carbocycles. The monoisotopic (exact) mass is 150 g/mol. The fourth-order valence-corrected chi connectivity index (χ4v) is 2.52. The number of aliphatic hydroxyl groups is 1. The van der Waals surface area contributed by atoms with Crippen LogP contribution in [0.4, 0.5) is 0 Å². The van der Waals surface area contributed by atoms with Gasteiger partial charge in [-0.15, -0.1) is 0 Å². The Labute approximate surface area is 54.6 Å². The zero-order valence-electron chi connectivity index (χ0n) is 5.08. The van der Waals surface area contributed by atoms with Crippen molar-refractivity contribution < 1.29 is 13.5 Å². The normalized spacial score (nSPS) is 34.1. The first-order chi connectivity index (χ1) is 4.10. The lowest BCUT2D eigenvalue weighted by atomic mass is 10.2. The highest BCUT2D eigenvalue weighted by atomic mass is 32.2. The third-order valence-corrected chi connectivity index (χ3v) is 3.24. The van der Waals surface area contributed by atoms with E-state index in [4.69, 9.17) is 5.11 Å². The van der Waals surface area contributed by atoms with Crippen molar-refractivity contribution >= 4 is 9.84 Å². The largest absolute Gasteiger partial charge is 0.392 e. The topological polar surface area (TPSA) is 54.4 Å². The summed E-state index contributed by atoms with van der Waals surface area (Å²) < 4.78 is 21.4. The Morgan fingerprint density at radius 2 is 2.11 bits per heavy atom. The first-order valence-electron chi connectivity index (χ1n) is 2.99. The minimum atomic E-state index is -2.88. The Morgan fingerprint density at radius 1 is 1.44 bits per heavy atom. The van der Waals surface area contributed by atoms with E-state index in [2.05, 4.69) is 0 Å². The van der Waals surface area contributed by atoms with Gasteiger partial charge in [0.25, 0.3) is 0 Å². The van der Waals surface area contributed by atoms with E-state index in [-0.39, 0.29) is 11.5 Å². The van der Waals surface area contributed by atoms with Crippen LogP contribution in [0.1, 0.15) is 12.8 Å². The third-order valence-electron chi connectivity index (χ3n) is 1.44. The van der Waals surface area contributed by atoms with Crippen molar-refractivity contribution in [1.29, 1.82) is 0 Å². The van der Waals surface area contributed by atoms with Gasteiger partial charge in [-0.2, -0.15) is 0 Å². The first-order valence-corrected chi connectivity index (χ1v) is 4.81.